The van der Waals surface area contributed by atoms with Crippen molar-refractivity contribution in [2.24, 2.45) is 0 Å². The fourth-order valence-electron chi connectivity index (χ4n) is 2.04. The van der Waals surface area contributed by atoms with Crippen LogP contribution in [0.3, 0.4) is 0 Å². The SMILES string of the molecule is SCC1(n2cccn2)CCCC1. The van der Waals surface area contributed by atoms with E-state index in [0.29, 0.717) is 0 Å². The first-order chi connectivity index (χ1) is 5.87. The van der Waals surface area contributed by atoms with Crippen molar-refractivity contribution in [3.05, 3.63) is 18.5 Å². The van der Waals surface area contributed by atoms with Crippen LogP contribution < -0.4 is 0 Å². The van der Waals surface area contributed by atoms with Gasteiger partial charge in [0.25, 0.3) is 0 Å². The van der Waals surface area contributed by atoms with Gasteiger partial charge >= 0.3 is 0 Å². The number of nitrogens with zero attached hydrogens (tertiary/aromatic N) is 2. The smallest absolute Gasteiger partial charge is 0.0715 e. The van der Waals surface area contributed by atoms with E-state index in [9.17, 15) is 0 Å². The summed E-state index contributed by atoms with van der Waals surface area (Å²) in [4.78, 5) is 0. The Morgan fingerprint density at radius 1 is 1.42 bits per heavy atom. The van der Waals surface area contributed by atoms with Crippen molar-refractivity contribution in [3.63, 3.8) is 0 Å². The zero-order valence-electron chi connectivity index (χ0n) is 7.11. The Labute approximate surface area is 78.4 Å². The predicted octanol–water partition coefficient (Wildman–Crippen LogP) is 2.08. The zero-order chi connectivity index (χ0) is 8.44. The quantitative estimate of drug-likeness (QED) is 0.693. The van der Waals surface area contributed by atoms with Crippen molar-refractivity contribution < 1.29 is 0 Å². The van der Waals surface area contributed by atoms with Crippen molar-refractivity contribution in [1.82, 2.24) is 9.78 Å². The van der Waals surface area contributed by atoms with Crippen LogP contribution in [0.25, 0.3) is 0 Å². The number of hydrogen-bond donors (Lipinski definition) is 1. The summed E-state index contributed by atoms with van der Waals surface area (Å²) >= 11 is 4.43. The summed E-state index contributed by atoms with van der Waals surface area (Å²) in [6.07, 6.45) is 9.02. The fourth-order valence-corrected chi connectivity index (χ4v) is 2.50. The average molecular weight is 182 g/mol. The van der Waals surface area contributed by atoms with Crippen LogP contribution in [0.4, 0.5) is 0 Å². The molecule has 0 bridgehead atoms. The van der Waals surface area contributed by atoms with Gasteiger partial charge in [0.05, 0.1) is 5.54 Å². The van der Waals surface area contributed by atoms with Gasteiger partial charge in [0.15, 0.2) is 0 Å². The minimum Gasteiger partial charge on any atom is -0.266 e. The van der Waals surface area contributed by atoms with Crippen LogP contribution in [-0.4, -0.2) is 15.5 Å². The monoisotopic (exact) mass is 182 g/mol. The van der Waals surface area contributed by atoms with Gasteiger partial charge in [-0.05, 0) is 18.9 Å². The molecule has 1 aromatic rings. The molecule has 0 atom stereocenters. The Morgan fingerprint density at radius 2 is 2.17 bits per heavy atom. The summed E-state index contributed by atoms with van der Waals surface area (Å²) in [6, 6.07) is 1.99. The highest BCUT2D eigenvalue weighted by Gasteiger charge is 2.34. The molecule has 1 aromatic heterocycles. The Balaban J connectivity index is 2.28. The third-order valence-electron chi connectivity index (χ3n) is 2.82. The molecule has 66 valence electrons. The minimum atomic E-state index is 0.229. The van der Waals surface area contributed by atoms with Gasteiger partial charge in [0.1, 0.15) is 0 Å². The second-order valence-electron chi connectivity index (χ2n) is 3.54. The molecule has 0 radical (unpaired) electrons. The molecule has 0 unspecified atom stereocenters. The van der Waals surface area contributed by atoms with Crippen molar-refractivity contribution in [1.29, 1.82) is 0 Å². The molecule has 1 saturated carbocycles. The van der Waals surface area contributed by atoms with Gasteiger partial charge in [-0.1, -0.05) is 12.8 Å². The van der Waals surface area contributed by atoms with Gasteiger partial charge in [0, 0.05) is 18.1 Å². The third kappa shape index (κ3) is 1.16. The Kier molecular flexibility index (Phi) is 2.13. The molecule has 1 fully saturated rings. The summed E-state index contributed by atoms with van der Waals surface area (Å²) < 4.78 is 2.09. The molecule has 0 aromatic carbocycles. The first-order valence-electron chi connectivity index (χ1n) is 4.48. The maximum absolute atomic E-state index is 4.43. The summed E-state index contributed by atoms with van der Waals surface area (Å²) in [7, 11) is 0. The fraction of sp³-hybridized carbons (Fsp3) is 0.667. The summed E-state index contributed by atoms with van der Waals surface area (Å²) in [6.45, 7) is 0. The van der Waals surface area contributed by atoms with Gasteiger partial charge in [-0.2, -0.15) is 17.7 Å². The van der Waals surface area contributed by atoms with E-state index in [1.54, 1.807) is 0 Å². The van der Waals surface area contributed by atoms with Gasteiger partial charge in [0.2, 0.25) is 0 Å². The highest BCUT2D eigenvalue weighted by atomic mass is 32.1. The molecule has 2 nitrogen and oxygen atoms in total. The molecule has 0 saturated heterocycles. The molecule has 2 rings (SSSR count). The van der Waals surface area contributed by atoms with Crippen molar-refractivity contribution >= 4 is 12.6 Å². The van der Waals surface area contributed by atoms with Gasteiger partial charge in [-0.3, -0.25) is 4.68 Å². The van der Waals surface area contributed by atoms with E-state index < -0.39 is 0 Å². The van der Waals surface area contributed by atoms with Crippen LogP contribution in [0.1, 0.15) is 25.7 Å². The van der Waals surface area contributed by atoms with Crippen LogP contribution >= 0.6 is 12.6 Å². The average Bonchev–Trinajstić information content (AvgIpc) is 2.76. The Hall–Kier alpha value is -0.440. The van der Waals surface area contributed by atoms with Crippen molar-refractivity contribution in [2.45, 2.75) is 31.2 Å². The van der Waals surface area contributed by atoms with Crippen molar-refractivity contribution in [2.75, 3.05) is 5.75 Å². The lowest BCUT2D eigenvalue weighted by Crippen LogP contribution is -2.32. The molecular formula is C9H14N2S. The summed E-state index contributed by atoms with van der Waals surface area (Å²) in [5.41, 5.74) is 0.229. The summed E-state index contributed by atoms with van der Waals surface area (Å²) in [5, 5.41) is 4.31. The number of rotatable bonds is 2. The van der Waals surface area contributed by atoms with E-state index in [4.69, 9.17) is 0 Å². The summed E-state index contributed by atoms with van der Waals surface area (Å²) in [5.74, 6) is 0.911. The maximum Gasteiger partial charge on any atom is 0.0715 e. The second kappa shape index (κ2) is 3.13. The van der Waals surface area contributed by atoms with Crippen LogP contribution in [0, 0.1) is 0 Å². The largest absolute Gasteiger partial charge is 0.266 e. The molecule has 1 aliphatic carbocycles. The first kappa shape index (κ1) is 8.17. The Bertz CT molecular complexity index is 237. The van der Waals surface area contributed by atoms with Crippen molar-refractivity contribution in [3.8, 4) is 0 Å². The maximum atomic E-state index is 4.43. The van der Waals surface area contributed by atoms with Crippen LogP contribution in [0.5, 0.6) is 0 Å². The van der Waals surface area contributed by atoms with Gasteiger partial charge in [-0.15, -0.1) is 0 Å². The topological polar surface area (TPSA) is 17.8 Å². The molecule has 0 aliphatic heterocycles. The van der Waals surface area contributed by atoms with Crippen LogP contribution in [-0.2, 0) is 5.54 Å². The van der Waals surface area contributed by atoms with Crippen LogP contribution in [0.15, 0.2) is 18.5 Å². The van der Waals surface area contributed by atoms with Gasteiger partial charge < -0.3 is 0 Å². The molecule has 0 N–H and O–H groups in total. The predicted molar refractivity (Wildman–Crippen MR) is 52.5 cm³/mol. The highest BCUT2D eigenvalue weighted by Crippen LogP contribution is 2.36. The molecule has 1 aliphatic rings. The lowest BCUT2D eigenvalue weighted by Gasteiger charge is -2.27. The zero-order valence-corrected chi connectivity index (χ0v) is 8.00. The van der Waals surface area contributed by atoms with E-state index >= 15 is 0 Å². The van der Waals surface area contributed by atoms with E-state index in [1.807, 2.05) is 12.3 Å². The highest BCUT2D eigenvalue weighted by molar-refractivity contribution is 7.80. The molecule has 1 heterocycles. The van der Waals surface area contributed by atoms with E-state index in [-0.39, 0.29) is 5.54 Å². The molecular weight excluding hydrogens is 168 g/mol. The van der Waals surface area contributed by atoms with E-state index in [1.165, 1.54) is 25.7 Å². The van der Waals surface area contributed by atoms with E-state index in [2.05, 4.69) is 28.6 Å². The number of thiol groups is 1. The van der Waals surface area contributed by atoms with Crippen LogP contribution in [0.2, 0.25) is 0 Å². The molecule has 3 heteroatoms. The van der Waals surface area contributed by atoms with Gasteiger partial charge in [-0.25, -0.2) is 0 Å². The number of aromatic nitrogens is 2. The Morgan fingerprint density at radius 3 is 2.67 bits per heavy atom. The normalized spacial score (nSPS) is 21.4. The third-order valence-corrected chi connectivity index (χ3v) is 3.41. The number of hydrogen-bond acceptors (Lipinski definition) is 2. The molecule has 12 heavy (non-hydrogen) atoms. The van der Waals surface area contributed by atoms with E-state index in [0.717, 1.165) is 5.75 Å². The minimum absolute atomic E-state index is 0.229. The first-order valence-corrected chi connectivity index (χ1v) is 5.12. The lowest BCUT2D eigenvalue weighted by atomic mass is 10.0. The second-order valence-corrected chi connectivity index (χ2v) is 3.86. The standard InChI is InChI=1S/C9H14N2S/c12-8-9(4-1-2-5-9)11-7-3-6-10-11/h3,6-7,12H,1-2,4-5,8H2. The lowest BCUT2D eigenvalue weighted by molar-refractivity contribution is 0.304. The molecule has 0 spiro atoms. The molecule has 0 amide bonds.